The van der Waals surface area contributed by atoms with Crippen molar-refractivity contribution in [3.05, 3.63) is 47.3 Å². The smallest absolute Gasteiger partial charge is 0.148 e. The number of nitrogen functional groups attached to an aromatic ring is 1. The van der Waals surface area contributed by atoms with Crippen molar-refractivity contribution in [1.29, 1.82) is 0 Å². The zero-order valence-corrected chi connectivity index (χ0v) is 10.2. The van der Waals surface area contributed by atoms with Crippen LogP contribution in [0, 0.1) is 6.92 Å². The standard InChI is InChI=1S/C13H15N5/c1-9-12(17-14)15-8-16-13(9)18-6-10-4-2-3-5-11(10)7-18/h2-5,8H,6-7,14H2,1H3,(H,15,16,17). The minimum atomic E-state index is 0.677. The van der Waals surface area contributed by atoms with Gasteiger partial charge in [0.25, 0.3) is 0 Å². The number of aromatic nitrogens is 2. The summed E-state index contributed by atoms with van der Waals surface area (Å²) in [6.45, 7) is 3.75. The number of rotatable bonds is 2. The molecule has 0 spiro atoms. The van der Waals surface area contributed by atoms with Crippen molar-refractivity contribution in [1.82, 2.24) is 9.97 Å². The lowest BCUT2D eigenvalue weighted by atomic mass is 10.1. The molecule has 0 fully saturated rings. The maximum atomic E-state index is 5.44. The molecule has 0 saturated heterocycles. The number of hydrogen-bond donors (Lipinski definition) is 2. The second-order valence-corrected chi connectivity index (χ2v) is 4.44. The quantitative estimate of drug-likeness (QED) is 0.617. The fraction of sp³-hybridized carbons (Fsp3) is 0.231. The zero-order chi connectivity index (χ0) is 12.5. The highest BCUT2D eigenvalue weighted by atomic mass is 15.3. The summed E-state index contributed by atoms with van der Waals surface area (Å²) in [5.41, 5.74) is 6.30. The molecule has 0 radical (unpaired) electrons. The molecule has 0 saturated carbocycles. The summed E-state index contributed by atoms with van der Waals surface area (Å²) in [7, 11) is 0. The van der Waals surface area contributed by atoms with E-state index in [9.17, 15) is 0 Å². The summed E-state index contributed by atoms with van der Waals surface area (Å²) in [4.78, 5) is 10.7. The van der Waals surface area contributed by atoms with Crippen LogP contribution in [-0.4, -0.2) is 9.97 Å². The Labute approximate surface area is 106 Å². The van der Waals surface area contributed by atoms with Crippen molar-refractivity contribution in [3.63, 3.8) is 0 Å². The van der Waals surface area contributed by atoms with Gasteiger partial charge >= 0.3 is 0 Å². The van der Waals surface area contributed by atoms with Crippen molar-refractivity contribution in [2.24, 2.45) is 5.84 Å². The van der Waals surface area contributed by atoms with E-state index < -0.39 is 0 Å². The van der Waals surface area contributed by atoms with Crippen LogP contribution in [0.5, 0.6) is 0 Å². The Morgan fingerprint density at radius 2 is 1.83 bits per heavy atom. The Bertz CT molecular complexity index is 556. The predicted octanol–water partition coefficient (Wildman–Crippen LogP) is 1.59. The average molecular weight is 241 g/mol. The van der Waals surface area contributed by atoms with Crippen LogP contribution in [0.1, 0.15) is 16.7 Å². The molecule has 0 amide bonds. The normalized spacial score (nSPS) is 13.6. The van der Waals surface area contributed by atoms with Gasteiger partial charge in [-0.2, -0.15) is 0 Å². The summed E-state index contributed by atoms with van der Waals surface area (Å²) in [5.74, 6) is 7.06. The molecule has 1 aromatic carbocycles. The zero-order valence-electron chi connectivity index (χ0n) is 10.2. The highest BCUT2D eigenvalue weighted by Crippen LogP contribution is 2.30. The highest BCUT2D eigenvalue weighted by molar-refractivity contribution is 5.59. The molecular weight excluding hydrogens is 226 g/mol. The highest BCUT2D eigenvalue weighted by Gasteiger charge is 2.21. The third-order valence-electron chi connectivity index (χ3n) is 3.33. The first kappa shape index (κ1) is 11.0. The number of nitrogens with zero attached hydrogens (tertiary/aromatic N) is 3. The molecule has 5 heteroatoms. The van der Waals surface area contributed by atoms with Gasteiger partial charge in [0, 0.05) is 18.7 Å². The monoisotopic (exact) mass is 241 g/mol. The number of hydrogen-bond acceptors (Lipinski definition) is 5. The number of anilines is 2. The van der Waals surface area contributed by atoms with E-state index in [4.69, 9.17) is 5.84 Å². The first-order valence-corrected chi connectivity index (χ1v) is 5.89. The molecule has 0 atom stereocenters. The van der Waals surface area contributed by atoms with Crippen molar-refractivity contribution in [3.8, 4) is 0 Å². The number of nitrogens with one attached hydrogen (secondary N) is 1. The van der Waals surface area contributed by atoms with E-state index in [1.807, 2.05) is 6.92 Å². The van der Waals surface area contributed by atoms with Gasteiger partial charge in [-0.05, 0) is 18.1 Å². The van der Waals surface area contributed by atoms with Crippen molar-refractivity contribution in [2.45, 2.75) is 20.0 Å². The Morgan fingerprint density at radius 3 is 2.44 bits per heavy atom. The number of nitrogens with two attached hydrogens (primary N) is 1. The van der Waals surface area contributed by atoms with E-state index in [-0.39, 0.29) is 0 Å². The van der Waals surface area contributed by atoms with Gasteiger partial charge in [-0.3, -0.25) is 0 Å². The van der Waals surface area contributed by atoms with Gasteiger partial charge in [0.15, 0.2) is 0 Å². The lowest BCUT2D eigenvalue weighted by molar-refractivity contribution is 0.843. The van der Waals surface area contributed by atoms with E-state index in [1.165, 1.54) is 11.1 Å². The first-order chi connectivity index (χ1) is 8.79. The number of benzene rings is 1. The van der Waals surface area contributed by atoms with Gasteiger partial charge in [0.1, 0.15) is 18.0 Å². The van der Waals surface area contributed by atoms with Crippen LogP contribution in [0.25, 0.3) is 0 Å². The molecule has 1 aliphatic heterocycles. The second-order valence-electron chi connectivity index (χ2n) is 4.44. The summed E-state index contributed by atoms with van der Waals surface area (Å²) in [6.07, 6.45) is 1.54. The molecule has 18 heavy (non-hydrogen) atoms. The van der Waals surface area contributed by atoms with E-state index in [1.54, 1.807) is 6.33 Å². The molecular formula is C13H15N5. The summed E-state index contributed by atoms with van der Waals surface area (Å²) in [5, 5.41) is 0. The minimum absolute atomic E-state index is 0.677. The lowest BCUT2D eigenvalue weighted by Gasteiger charge is -2.19. The van der Waals surface area contributed by atoms with Gasteiger partial charge in [-0.25, -0.2) is 15.8 Å². The Balaban J connectivity index is 1.95. The summed E-state index contributed by atoms with van der Waals surface area (Å²) >= 11 is 0. The van der Waals surface area contributed by atoms with Crippen molar-refractivity contribution in [2.75, 3.05) is 10.3 Å². The van der Waals surface area contributed by atoms with Gasteiger partial charge in [0.05, 0.1) is 0 Å². The van der Waals surface area contributed by atoms with E-state index in [2.05, 4.69) is 44.6 Å². The van der Waals surface area contributed by atoms with Gasteiger partial charge < -0.3 is 10.3 Å². The summed E-state index contributed by atoms with van der Waals surface area (Å²) < 4.78 is 0. The first-order valence-electron chi connectivity index (χ1n) is 5.89. The average Bonchev–Trinajstić information content (AvgIpc) is 2.82. The van der Waals surface area contributed by atoms with Crippen LogP contribution in [0.15, 0.2) is 30.6 Å². The maximum absolute atomic E-state index is 5.44. The lowest BCUT2D eigenvalue weighted by Crippen LogP contribution is -2.19. The fourth-order valence-electron chi connectivity index (χ4n) is 2.39. The van der Waals surface area contributed by atoms with Crippen LogP contribution < -0.4 is 16.2 Å². The minimum Gasteiger partial charge on any atom is -0.348 e. The Morgan fingerprint density at radius 1 is 1.17 bits per heavy atom. The third kappa shape index (κ3) is 1.69. The molecule has 1 aliphatic rings. The Kier molecular flexibility index (Phi) is 2.60. The van der Waals surface area contributed by atoms with Crippen LogP contribution in [0.3, 0.4) is 0 Å². The topological polar surface area (TPSA) is 67.1 Å². The predicted molar refractivity (Wildman–Crippen MR) is 70.9 cm³/mol. The molecule has 0 bridgehead atoms. The van der Waals surface area contributed by atoms with Gasteiger partial charge in [-0.1, -0.05) is 24.3 Å². The largest absolute Gasteiger partial charge is 0.348 e. The SMILES string of the molecule is Cc1c(NN)ncnc1N1Cc2ccccc2C1. The molecule has 2 heterocycles. The van der Waals surface area contributed by atoms with E-state index in [0.717, 1.165) is 24.5 Å². The molecule has 2 aromatic rings. The van der Waals surface area contributed by atoms with Gasteiger partial charge in [0.2, 0.25) is 0 Å². The summed E-state index contributed by atoms with van der Waals surface area (Å²) in [6, 6.07) is 8.46. The molecule has 0 unspecified atom stereocenters. The fourth-order valence-corrected chi connectivity index (χ4v) is 2.39. The van der Waals surface area contributed by atoms with Crippen molar-refractivity contribution >= 4 is 11.6 Å². The van der Waals surface area contributed by atoms with E-state index in [0.29, 0.717) is 5.82 Å². The molecule has 3 N–H and O–H groups in total. The molecule has 0 aliphatic carbocycles. The van der Waals surface area contributed by atoms with Crippen LogP contribution in [0.2, 0.25) is 0 Å². The number of fused-ring (bicyclic) bond motifs is 1. The number of hydrazine groups is 1. The third-order valence-corrected chi connectivity index (χ3v) is 3.33. The molecule has 5 nitrogen and oxygen atoms in total. The van der Waals surface area contributed by atoms with Crippen LogP contribution >= 0.6 is 0 Å². The van der Waals surface area contributed by atoms with Crippen molar-refractivity contribution < 1.29 is 0 Å². The van der Waals surface area contributed by atoms with Crippen LogP contribution in [-0.2, 0) is 13.1 Å². The second kappa shape index (κ2) is 4.27. The molecule has 3 rings (SSSR count). The van der Waals surface area contributed by atoms with Gasteiger partial charge in [-0.15, -0.1) is 0 Å². The maximum Gasteiger partial charge on any atom is 0.148 e. The van der Waals surface area contributed by atoms with E-state index >= 15 is 0 Å². The Hall–Kier alpha value is -2.14. The van der Waals surface area contributed by atoms with Crippen LogP contribution in [0.4, 0.5) is 11.6 Å². The molecule has 1 aromatic heterocycles. The molecule has 92 valence electrons.